The number of piperazine rings is 1. The molecular weight excluding hydrogens is 622 g/mol. The molecular formula is C30H39BrF2N8O2. The smallest absolute Gasteiger partial charge is 0.269 e. The van der Waals surface area contributed by atoms with Crippen molar-refractivity contribution in [1.29, 1.82) is 5.26 Å². The minimum atomic E-state index is -2.69. The Bertz CT molecular complexity index is 1310. The van der Waals surface area contributed by atoms with Crippen LogP contribution < -0.4 is 10.4 Å². The highest BCUT2D eigenvalue weighted by atomic mass is 79.9. The van der Waals surface area contributed by atoms with Gasteiger partial charge in [0.2, 0.25) is 11.7 Å². The van der Waals surface area contributed by atoms with Crippen molar-refractivity contribution in [2.75, 3.05) is 51.3 Å². The van der Waals surface area contributed by atoms with E-state index in [4.69, 9.17) is 0 Å². The van der Waals surface area contributed by atoms with Crippen LogP contribution in [0.2, 0.25) is 0 Å². The number of likely N-dealkylation sites (N-methyl/N-ethyl adjacent to an activating group) is 1. The van der Waals surface area contributed by atoms with E-state index >= 15 is 0 Å². The minimum Gasteiger partial charge on any atom is -0.343 e. The molecule has 2 fully saturated rings. The number of benzene rings is 1. The Labute approximate surface area is 260 Å². The lowest BCUT2D eigenvalue weighted by molar-refractivity contribution is -0.129. The van der Waals surface area contributed by atoms with Gasteiger partial charge in [-0.3, -0.25) is 24.9 Å². The molecule has 2 aromatic rings. The van der Waals surface area contributed by atoms with Gasteiger partial charge in [0, 0.05) is 71.4 Å². The van der Waals surface area contributed by atoms with Crippen molar-refractivity contribution in [3.8, 4) is 6.07 Å². The molecule has 0 saturated carbocycles. The average Bonchev–Trinajstić information content (AvgIpc) is 2.97. The zero-order chi connectivity index (χ0) is 31.7. The molecule has 43 heavy (non-hydrogen) atoms. The molecule has 0 atom stereocenters. The van der Waals surface area contributed by atoms with Crippen molar-refractivity contribution >= 4 is 33.6 Å². The highest BCUT2D eigenvalue weighted by Gasteiger charge is 2.30. The first-order valence-electron chi connectivity index (χ1n) is 14.1. The van der Waals surface area contributed by atoms with Gasteiger partial charge in [-0.15, -0.1) is 0 Å². The number of nitriles is 1. The van der Waals surface area contributed by atoms with E-state index in [1.54, 1.807) is 16.8 Å². The maximum absolute atomic E-state index is 13.3. The van der Waals surface area contributed by atoms with Gasteiger partial charge in [0.15, 0.2) is 5.82 Å². The molecule has 2 aliphatic rings. The zero-order valence-electron chi connectivity index (χ0n) is 25.1. The predicted molar refractivity (Wildman–Crippen MR) is 164 cm³/mol. The second kappa shape index (κ2) is 15.3. The number of hydrazine groups is 1. The van der Waals surface area contributed by atoms with Crippen molar-refractivity contribution in [3.05, 3.63) is 64.0 Å². The van der Waals surface area contributed by atoms with Gasteiger partial charge in [-0.05, 0) is 66.0 Å². The first kappa shape index (κ1) is 34.0. The molecule has 3 heterocycles. The van der Waals surface area contributed by atoms with Crippen molar-refractivity contribution < 1.29 is 18.4 Å². The van der Waals surface area contributed by atoms with E-state index in [-0.39, 0.29) is 29.3 Å². The maximum Gasteiger partial charge on any atom is 0.269 e. The van der Waals surface area contributed by atoms with Crippen LogP contribution in [0.1, 0.15) is 55.4 Å². The number of halogens is 3. The summed E-state index contributed by atoms with van der Waals surface area (Å²) in [5, 5.41) is 11.0. The molecule has 0 unspecified atom stereocenters. The maximum atomic E-state index is 13.3. The Morgan fingerprint density at radius 2 is 1.72 bits per heavy atom. The molecule has 13 heteroatoms. The zero-order valence-corrected chi connectivity index (χ0v) is 26.7. The molecule has 232 valence electrons. The fourth-order valence-corrected chi connectivity index (χ4v) is 4.92. The number of anilines is 1. The van der Waals surface area contributed by atoms with Gasteiger partial charge in [-0.25, -0.2) is 13.8 Å². The van der Waals surface area contributed by atoms with Crippen molar-refractivity contribution in [1.82, 2.24) is 30.1 Å². The Morgan fingerprint density at radius 1 is 1.14 bits per heavy atom. The van der Waals surface area contributed by atoms with Crippen molar-refractivity contribution in [2.45, 2.75) is 52.1 Å². The lowest BCUT2D eigenvalue weighted by Gasteiger charge is -2.39. The number of hydrogen-bond acceptors (Lipinski definition) is 8. The van der Waals surface area contributed by atoms with Gasteiger partial charge in [0.05, 0.1) is 10.5 Å². The highest BCUT2D eigenvalue weighted by Crippen LogP contribution is 2.27. The molecule has 0 aliphatic carbocycles. The first-order chi connectivity index (χ1) is 20.3. The second-order valence-corrected chi connectivity index (χ2v) is 11.8. The molecule has 2 amide bonds. The third-order valence-electron chi connectivity index (χ3n) is 7.52. The molecule has 10 nitrogen and oxygen atoms in total. The quantitative estimate of drug-likeness (QED) is 0.347. The largest absolute Gasteiger partial charge is 0.343 e. The van der Waals surface area contributed by atoms with Crippen LogP contribution in [0.3, 0.4) is 0 Å². The number of nitrogens with zero attached hydrogens (tertiary/aromatic N) is 7. The fourth-order valence-electron chi connectivity index (χ4n) is 4.54. The third kappa shape index (κ3) is 10.0. The normalized spacial score (nSPS) is 16.5. The van der Waals surface area contributed by atoms with Gasteiger partial charge in [-0.2, -0.15) is 10.2 Å². The fraction of sp³-hybridized carbons (Fsp3) is 0.500. The summed E-state index contributed by atoms with van der Waals surface area (Å²) in [5.74, 6) is -2.49. The van der Waals surface area contributed by atoms with Crippen LogP contribution in [0.5, 0.6) is 0 Å². The van der Waals surface area contributed by atoms with Gasteiger partial charge in [0.25, 0.3) is 11.8 Å². The number of alkyl halides is 2. The van der Waals surface area contributed by atoms with Crippen molar-refractivity contribution in [2.24, 2.45) is 0 Å². The van der Waals surface area contributed by atoms with Crippen LogP contribution in [0, 0.1) is 11.3 Å². The summed E-state index contributed by atoms with van der Waals surface area (Å²) in [4.78, 5) is 40.0. The van der Waals surface area contributed by atoms with E-state index in [0.717, 1.165) is 39.6 Å². The summed E-state index contributed by atoms with van der Waals surface area (Å²) in [7, 11) is 2.14. The van der Waals surface area contributed by atoms with E-state index in [0.29, 0.717) is 41.8 Å². The lowest BCUT2D eigenvalue weighted by atomic mass is 10.0. The number of hydrogen-bond donors (Lipinski definition) is 1. The third-order valence-corrected chi connectivity index (χ3v) is 8.08. The summed E-state index contributed by atoms with van der Waals surface area (Å²) < 4.78 is 24.1. The van der Waals surface area contributed by atoms with E-state index in [2.05, 4.69) is 54.8 Å². The second-order valence-electron chi connectivity index (χ2n) is 11.0. The molecule has 2 aliphatic heterocycles. The van der Waals surface area contributed by atoms with Crippen LogP contribution >= 0.6 is 15.9 Å². The molecule has 1 aromatic heterocycles. The molecule has 0 bridgehead atoms. The number of carbonyl (C=O) groups excluding carboxylic acids is 2. The number of carbonyl (C=O) groups is 2. The number of aromatic nitrogens is 2. The minimum absolute atomic E-state index is 0.0156. The number of amides is 2. The number of nitrogens with one attached hydrogen (secondary N) is 1. The van der Waals surface area contributed by atoms with Gasteiger partial charge in [-0.1, -0.05) is 18.7 Å². The Morgan fingerprint density at radius 3 is 2.23 bits per heavy atom. The van der Waals surface area contributed by atoms with E-state index < -0.39 is 5.92 Å². The molecule has 4 rings (SSSR count). The number of rotatable bonds is 7. The van der Waals surface area contributed by atoms with Gasteiger partial charge < -0.3 is 9.80 Å². The first-order valence-corrected chi connectivity index (χ1v) is 14.9. The van der Waals surface area contributed by atoms with Crippen LogP contribution in [0.4, 0.5) is 14.6 Å². The van der Waals surface area contributed by atoms with Gasteiger partial charge >= 0.3 is 0 Å². The Kier molecular flexibility index (Phi) is 12.1. The summed E-state index contributed by atoms with van der Waals surface area (Å²) >= 11 is 3.47. The van der Waals surface area contributed by atoms with E-state index in [1.165, 1.54) is 18.7 Å². The monoisotopic (exact) mass is 660 g/mol. The van der Waals surface area contributed by atoms with Crippen LogP contribution in [0.15, 0.2) is 47.1 Å². The van der Waals surface area contributed by atoms with Gasteiger partial charge in [0.1, 0.15) is 6.07 Å². The molecule has 1 aromatic carbocycles. The summed E-state index contributed by atoms with van der Waals surface area (Å²) in [6, 6.07) is 9.54. The van der Waals surface area contributed by atoms with Crippen LogP contribution in [-0.4, -0.2) is 94.8 Å². The summed E-state index contributed by atoms with van der Waals surface area (Å²) in [6.45, 7) is 13.0. The van der Waals surface area contributed by atoms with E-state index in [1.807, 2.05) is 30.3 Å². The number of likely N-dealkylation sites (tertiary alicyclic amines) is 1. The summed E-state index contributed by atoms with van der Waals surface area (Å²) in [5.41, 5.74) is 4.62. The predicted octanol–water partition coefficient (Wildman–Crippen LogP) is 4.24. The molecule has 0 spiro atoms. The van der Waals surface area contributed by atoms with E-state index in [9.17, 15) is 23.6 Å². The van der Waals surface area contributed by atoms with Crippen molar-refractivity contribution in [3.63, 3.8) is 0 Å². The number of allylic oxidation sites excluding steroid dienone is 1. The van der Waals surface area contributed by atoms with Crippen LogP contribution in [0.25, 0.3) is 0 Å². The molecule has 2 saturated heterocycles. The molecule has 0 radical (unpaired) electrons. The topological polar surface area (TPSA) is 109 Å². The average molecular weight is 662 g/mol. The Hall–Kier alpha value is -3.47. The highest BCUT2D eigenvalue weighted by molar-refractivity contribution is 9.10. The SMILES string of the molecule is C=C(C)C(C)(F)F.CC(=O)N1CCC(N(NC(=O)c2ccc(CN3CCN(C)CC3)cc2)c2nc(C#N)ncc2Br)CC1. The summed E-state index contributed by atoms with van der Waals surface area (Å²) in [6.07, 6.45) is 2.82. The molecule has 1 N–H and O–H groups in total. The van der Waals surface area contributed by atoms with Crippen LogP contribution in [-0.2, 0) is 11.3 Å². The standard InChI is InChI=1S/C25H31BrN8O2.C5H8F2/c1-18(35)33-9-7-21(8-10-33)34(24-22(26)16-28-23(15-27)29-24)30-25(36)20-5-3-19(4-6-20)17-32-13-11-31(2)12-14-32;1-4(2)5(3,6)7/h3-6,16,21H,7-14,17H2,1-2H3,(H,30,36);1H2,2-3H3. The lowest BCUT2D eigenvalue weighted by Crippen LogP contribution is -2.54. The number of piperidine rings is 1. The Balaban J connectivity index is 0.000000646.